The molecule has 9 heteroatoms. The van der Waals surface area contributed by atoms with Crippen LogP contribution in [-0.4, -0.2) is 75.4 Å². The highest BCUT2D eigenvalue weighted by molar-refractivity contribution is 5.90. The summed E-state index contributed by atoms with van der Waals surface area (Å²) in [6.45, 7) is 19.7. The Kier molecular flexibility index (Phi) is 13.7. The SMILES string of the molecule is CCN(CC)CCCC(C)N=c1cc(N=c2cc(NC(C)CCCN(CC)CC)c3cc(OC)ccc3o2)oc2ccc(OC)cc12. The van der Waals surface area contributed by atoms with Crippen molar-refractivity contribution in [3.63, 3.8) is 0 Å². The fourth-order valence-electron chi connectivity index (χ4n) is 5.94. The Morgan fingerprint density at radius 3 is 1.89 bits per heavy atom. The van der Waals surface area contributed by atoms with Gasteiger partial charge in [0, 0.05) is 35.0 Å². The van der Waals surface area contributed by atoms with Crippen LogP contribution in [0.4, 0.5) is 11.6 Å². The molecule has 0 spiro atoms. The molecule has 2 unspecified atom stereocenters. The Hall–Kier alpha value is -3.82. The smallest absolute Gasteiger partial charge is 0.224 e. The van der Waals surface area contributed by atoms with Crippen molar-refractivity contribution in [3.8, 4) is 11.5 Å². The van der Waals surface area contributed by atoms with E-state index in [9.17, 15) is 0 Å². The molecule has 0 saturated heterocycles. The maximum absolute atomic E-state index is 6.31. The number of nitrogens with zero attached hydrogens (tertiary/aromatic N) is 4. The Balaban J connectivity index is 1.72. The van der Waals surface area contributed by atoms with Gasteiger partial charge >= 0.3 is 0 Å². The molecular formula is C38H55N5O4. The first kappa shape index (κ1) is 36.0. The first-order valence-electron chi connectivity index (χ1n) is 17.3. The third-order valence-corrected chi connectivity index (χ3v) is 8.87. The molecule has 4 aromatic rings. The van der Waals surface area contributed by atoms with Crippen LogP contribution in [0.2, 0.25) is 0 Å². The fraction of sp³-hybridized carbons (Fsp3) is 0.526. The molecule has 4 rings (SSSR count). The minimum Gasteiger partial charge on any atom is -0.497 e. The molecule has 0 fully saturated rings. The number of anilines is 1. The molecule has 0 aliphatic rings. The lowest BCUT2D eigenvalue weighted by Gasteiger charge is -2.20. The Bertz CT molecular complexity index is 1700. The molecule has 47 heavy (non-hydrogen) atoms. The number of rotatable bonds is 18. The number of ether oxygens (including phenoxy) is 2. The highest BCUT2D eigenvalue weighted by Gasteiger charge is 2.12. The molecule has 0 aliphatic carbocycles. The minimum absolute atomic E-state index is 0.134. The molecule has 2 aromatic heterocycles. The summed E-state index contributed by atoms with van der Waals surface area (Å²) >= 11 is 0. The van der Waals surface area contributed by atoms with Crippen LogP contribution in [0.25, 0.3) is 21.9 Å². The predicted molar refractivity (Wildman–Crippen MR) is 193 cm³/mol. The van der Waals surface area contributed by atoms with Crippen LogP contribution >= 0.6 is 0 Å². The van der Waals surface area contributed by atoms with E-state index in [1.807, 2.05) is 48.5 Å². The van der Waals surface area contributed by atoms with Crippen LogP contribution < -0.4 is 25.7 Å². The van der Waals surface area contributed by atoms with Gasteiger partial charge in [0.1, 0.15) is 22.7 Å². The lowest BCUT2D eigenvalue weighted by atomic mass is 10.1. The van der Waals surface area contributed by atoms with Crippen molar-refractivity contribution in [2.24, 2.45) is 9.98 Å². The van der Waals surface area contributed by atoms with Crippen LogP contribution in [0.3, 0.4) is 0 Å². The summed E-state index contributed by atoms with van der Waals surface area (Å²) in [6, 6.07) is 15.8. The van der Waals surface area contributed by atoms with Gasteiger partial charge in [-0.25, -0.2) is 0 Å². The average molecular weight is 646 g/mol. The van der Waals surface area contributed by atoms with Crippen LogP contribution in [0.5, 0.6) is 11.5 Å². The number of hydrogen-bond acceptors (Lipinski definition) is 9. The monoisotopic (exact) mass is 645 g/mol. The van der Waals surface area contributed by atoms with E-state index in [0.29, 0.717) is 22.6 Å². The van der Waals surface area contributed by atoms with Crippen molar-refractivity contribution in [2.45, 2.75) is 79.3 Å². The molecular weight excluding hydrogens is 590 g/mol. The third kappa shape index (κ3) is 10.1. The molecule has 256 valence electrons. The van der Waals surface area contributed by atoms with Crippen molar-refractivity contribution in [1.82, 2.24) is 9.80 Å². The highest BCUT2D eigenvalue weighted by Crippen LogP contribution is 2.28. The number of hydrogen-bond donors (Lipinski definition) is 1. The van der Waals surface area contributed by atoms with Crippen molar-refractivity contribution < 1.29 is 18.3 Å². The number of fused-ring (bicyclic) bond motifs is 2. The van der Waals surface area contributed by atoms with E-state index in [-0.39, 0.29) is 12.1 Å². The number of methoxy groups -OCH3 is 2. The summed E-state index contributed by atoms with van der Waals surface area (Å²) in [6.07, 6.45) is 4.24. The second kappa shape index (κ2) is 17.9. The Morgan fingerprint density at radius 2 is 1.30 bits per heavy atom. The Morgan fingerprint density at radius 1 is 0.723 bits per heavy atom. The molecule has 2 atom stereocenters. The van der Waals surface area contributed by atoms with E-state index in [4.69, 9.17) is 28.3 Å². The molecule has 9 nitrogen and oxygen atoms in total. The van der Waals surface area contributed by atoms with E-state index >= 15 is 0 Å². The maximum atomic E-state index is 6.31. The zero-order valence-electron chi connectivity index (χ0n) is 29.8. The zero-order chi connectivity index (χ0) is 33.8. The van der Waals surface area contributed by atoms with E-state index < -0.39 is 0 Å². The van der Waals surface area contributed by atoms with Crippen molar-refractivity contribution in [1.29, 1.82) is 0 Å². The second-order valence-corrected chi connectivity index (χ2v) is 12.2. The zero-order valence-corrected chi connectivity index (χ0v) is 29.8. The molecule has 2 heterocycles. The fourth-order valence-corrected chi connectivity index (χ4v) is 5.94. The highest BCUT2D eigenvalue weighted by atomic mass is 16.5. The minimum atomic E-state index is 0.134. The predicted octanol–water partition coefficient (Wildman–Crippen LogP) is 7.76. The van der Waals surface area contributed by atoms with Gasteiger partial charge in [0.2, 0.25) is 11.4 Å². The topological polar surface area (TPSA) is 88.0 Å². The van der Waals surface area contributed by atoms with Gasteiger partial charge in [0.15, 0.2) is 0 Å². The molecule has 2 aromatic carbocycles. The van der Waals surface area contributed by atoms with E-state index in [1.165, 1.54) is 0 Å². The first-order chi connectivity index (χ1) is 22.8. The largest absolute Gasteiger partial charge is 0.497 e. The quantitative estimate of drug-likeness (QED) is 0.118. The summed E-state index contributed by atoms with van der Waals surface area (Å²) in [5.41, 5.74) is 2.78. The van der Waals surface area contributed by atoms with Gasteiger partial charge < -0.3 is 33.4 Å². The molecule has 1 N–H and O–H groups in total. The van der Waals surface area contributed by atoms with E-state index in [0.717, 1.165) is 98.3 Å². The molecule has 0 aliphatic heterocycles. The van der Waals surface area contributed by atoms with Gasteiger partial charge in [-0.15, -0.1) is 0 Å². The molecule has 0 amide bonds. The van der Waals surface area contributed by atoms with Crippen molar-refractivity contribution in [3.05, 3.63) is 59.4 Å². The van der Waals surface area contributed by atoms with Gasteiger partial charge in [-0.1, -0.05) is 27.7 Å². The lowest BCUT2D eigenvalue weighted by Crippen LogP contribution is -2.25. The van der Waals surface area contributed by atoms with Crippen LogP contribution in [0, 0.1) is 0 Å². The summed E-state index contributed by atoms with van der Waals surface area (Å²) < 4.78 is 23.7. The lowest BCUT2D eigenvalue weighted by molar-refractivity contribution is 0.294. The van der Waals surface area contributed by atoms with E-state index in [1.54, 1.807) is 14.2 Å². The maximum Gasteiger partial charge on any atom is 0.224 e. The Labute approximate surface area is 280 Å². The summed E-state index contributed by atoms with van der Waals surface area (Å²) in [7, 11) is 3.35. The normalized spacial score (nSPS) is 14.0. The number of nitrogens with one attached hydrogen (secondary N) is 1. The standard InChI is InChI=1S/C38H55N5O4/c1-9-42(10-2)21-13-15-27(5)39-33-25-37(46-35-19-17-29(44-7)23-31(33)35)41-38-26-34(32-24-30(45-8)18-20-36(32)47-38)40-28(6)16-14-22-43(11-3)12-4/h17-20,23-28,39H,9-16,21-22H2,1-8H3. The second-order valence-electron chi connectivity index (χ2n) is 12.2. The van der Waals surface area contributed by atoms with Gasteiger partial charge in [-0.2, -0.15) is 4.99 Å². The summed E-state index contributed by atoms with van der Waals surface area (Å²) in [4.78, 5) is 14.9. The molecule has 0 bridgehead atoms. The van der Waals surface area contributed by atoms with Gasteiger partial charge in [0.05, 0.1) is 25.3 Å². The van der Waals surface area contributed by atoms with Crippen LogP contribution in [0.15, 0.2) is 67.4 Å². The molecule has 0 saturated carbocycles. The average Bonchev–Trinajstić information content (AvgIpc) is 3.08. The summed E-state index contributed by atoms with van der Waals surface area (Å²) in [5, 5.41) is 6.38. The number of benzene rings is 2. The van der Waals surface area contributed by atoms with Gasteiger partial charge in [-0.3, -0.25) is 4.99 Å². The van der Waals surface area contributed by atoms with Crippen molar-refractivity contribution >= 4 is 33.5 Å². The third-order valence-electron chi connectivity index (χ3n) is 8.87. The molecule has 0 radical (unpaired) electrons. The van der Waals surface area contributed by atoms with Crippen molar-refractivity contribution in [2.75, 3.05) is 58.8 Å². The first-order valence-corrected chi connectivity index (χ1v) is 17.3. The summed E-state index contributed by atoms with van der Waals surface area (Å²) in [5.74, 6) is 1.95. The van der Waals surface area contributed by atoms with Gasteiger partial charge in [-0.05, 0) is 115 Å². The van der Waals surface area contributed by atoms with Gasteiger partial charge in [0.25, 0.3) is 0 Å². The van der Waals surface area contributed by atoms with E-state index in [2.05, 4.69) is 56.7 Å². The van der Waals surface area contributed by atoms with Crippen LogP contribution in [-0.2, 0) is 0 Å². The van der Waals surface area contributed by atoms with Crippen LogP contribution in [0.1, 0.15) is 67.2 Å².